The summed E-state index contributed by atoms with van der Waals surface area (Å²) in [6.45, 7) is 0. The summed E-state index contributed by atoms with van der Waals surface area (Å²) in [4.78, 5) is 11.0. The van der Waals surface area contributed by atoms with Crippen molar-refractivity contribution < 1.29 is 36.2 Å². The number of hydrogen-bond donors (Lipinski definition) is 0. The zero-order chi connectivity index (χ0) is 14.6. The molecule has 0 radical (unpaired) electrons. The van der Waals surface area contributed by atoms with Crippen molar-refractivity contribution >= 4 is 17.7 Å². The number of methoxy groups -OCH3 is 1. The first-order valence-corrected chi connectivity index (χ1v) is 5.53. The van der Waals surface area contributed by atoms with Gasteiger partial charge in [0.1, 0.15) is 5.75 Å². The highest BCUT2D eigenvalue weighted by atomic mass is 32.2. The van der Waals surface area contributed by atoms with Gasteiger partial charge in [-0.25, -0.2) is 4.79 Å². The van der Waals surface area contributed by atoms with E-state index in [9.17, 15) is 26.7 Å². The van der Waals surface area contributed by atoms with Gasteiger partial charge >= 0.3 is 12.3 Å². The molecule has 0 atom stereocenters. The second kappa shape index (κ2) is 6.09. The SMILES string of the molecule is COC(=O)c1cc(OC(F)(F)F)cc(SC(F)F)c1. The van der Waals surface area contributed by atoms with Crippen LogP contribution in [0.5, 0.6) is 5.75 Å². The molecule has 106 valence electrons. The van der Waals surface area contributed by atoms with Crippen LogP contribution in [0.1, 0.15) is 10.4 Å². The molecule has 9 heteroatoms. The Balaban J connectivity index is 3.12. The maximum Gasteiger partial charge on any atom is 0.573 e. The highest BCUT2D eigenvalue weighted by molar-refractivity contribution is 7.99. The van der Waals surface area contributed by atoms with Crippen LogP contribution in [-0.4, -0.2) is 25.2 Å². The molecule has 3 nitrogen and oxygen atoms in total. The lowest BCUT2D eigenvalue weighted by molar-refractivity contribution is -0.274. The van der Waals surface area contributed by atoms with Crippen LogP contribution in [0.15, 0.2) is 23.1 Å². The molecule has 0 aliphatic rings. The average Bonchev–Trinajstić information content (AvgIpc) is 2.24. The minimum Gasteiger partial charge on any atom is -0.465 e. The fourth-order valence-corrected chi connectivity index (χ4v) is 1.76. The largest absolute Gasteiger partial charge is 0.573 e. The molecule has 1 aromatic rings. The van der Waals surface area contributed by atoms with E-state index in [1.165, 1.54) is 0 Å². The van der Waals surface area contributed by atoms with Crippen LogP contribution < -0.4 is 4.74 Å². The van der Waals surface area contributed by atoms with E-state index in [1.54, 1.807) is 0 Å². The minimum atomic E-state index is -4.98. The Labute approximate surface area is 108 Å². The van der Waals surface area contributed by atoms with Gasteiger partial charge in [-0.1, -0.05) is 11.8 Å². The number of halogens is 5. The number of carbonyl (C=O) groups is 1. The molecular weight excluding hydrogens is 295 g/mol. The summed E-state index contributed by atoms with van der Waals surface area (Å²) < 4.78 is 68.4. The Bertz CT molecular complexity index is 461. The first-order chi connectivity index (χ1) is 8.71. The van der Waals surface area contributed by atoms with E-state index in [-0.39, 0.29) is 22.2 Å². The van der Waals surface area contributed by atoms with Gasteiger partial charge in [0, 0.05) is 4.90 Å². The summed E-state index contributed by atoms with van der Waals surface area (Å²) in [6, 6.07) is 2.51. The molecule has 0 amide bonds. The van der Waals surface area contributed by atoms with Gasteiger partial charge in [-0.05, 0) is 18.2 Å². The van der Waals surface area contributed by atoms with Crippen molar-refractivity contribution in [1.82, 2.24) is 0 Å². The molecule has 0 saturated carbocycles. The normalized spacial score (nSPS) is 11.5. The number of benzene rings is 1. The topological polar surface area (TPSA) is 35.5 Å². The van der Waals surface area contributed by atoms with Crippen molar-refractivity contribution in [3.63, 3.8) is 0 Å². The standard InChI is InChI=1S/C10H7F5O3S/c1-17-8(16)5-2-6(18-10(13,14)15)4-7(3-5)19-9(11)12/h2-4,9H,1H3. The number of hydrogen-bond acceptors (Lipinski definition) is 4. The smallest absolute Gasteiger partial charge is 0.465 e. The second-order valence-corrected chi connectivity index (χ2v) is 4.17. The monoisotopic (exact) mass is 302 g/mol. The third-order valence-corrected chi connectivity index (χ3v) is 2.45. The molecule has 0 N–H and O–H groups in total. The summed E-state index contributed by atoms with van der Waals surface area (Å²) in [5.74, 6) is -4.56. The van der Waals surface area contributed by atoms with Crippen LogP contribution in [0.2, 0.25) is 0 Å². The van der Waals surface area contributed by atoms with E-state index in [2.05, 4.69) is 9.47 Å². The summed E-state index contributed by atoms with van der Waals surface area (Å²) in [5.41, 5.74) is -0.313. The highest BCUT2D eigenvalue weighted by Crippen LogP contribution is 2.32. The summed E-state index contributed by atoms with van der Waals surface area (Å²) in [7, 11) is 1.01. The lowest BCUT2D eigenvalue weighted by Crippen LogP contribution is -2.17. The molecule has 1 rings (SSSR count). The van der Waals surface area contributed by atoms with E-state index in [4.69, 9.17) is 0 Å². The number of thioether (sulfide) groups is 1. The molecule has 0 heterocycles. The Hall–Kier alpha value is -1.51. The molecule has 0 aliphatic carbocycles. The van der Waals surface area contributed by atoms with Gasteiger partial charge < -0.3 is 9.47 Å². The number of rotatable bonds is 4. The van der Waals surface area contributed by atoms with Crippen molar-refractivity contribution in [2.45, 2.75) is 17.0 Å². The van der Waals surface area contributed by atoms with Crippen molar-refractivity contribution in [3.8, 4) is 5.75 Å². The summed E-state index contributed by atoms with van der Waals surface area (Å²) in [6.07, 6.45) is -4.98. The predicted molar refractivity (Wildman–Crippen MR) is 56.3 cm³/mol. The molecule has 0 fully saturated rings. The molecule has 1 aromatic carbocycles. The van der Waals surface area contributed by atoms with Crippen molar-refractivity contribution in [1.29, 1.82) is 0 Å². The molecule has 0 unspecified atom stereocenters. The van der Waals surface area contributed by atoms with E-state index in [1.807, 2.05) is 0 Å². The second-order valence-electron chi connectivity index (χ2n) is 3.11. The molecule has 19 heavy (non-hydrogen) atoms. The molecule has 0 aliphatic heterocycles. The quantitative estimate of drug-likeness (QED) is 0.483. The van der Waals surface area contributed by atoms with Crippen LogP contribution in [0.25, 0.3) is 0 Å². The number of carbonyl (C=O) groups excluding carboxylic acids is 1. The van der Waals surface area contributed by atoms with E-state index in [0.717, 1.165) is 25.3 Å². The maximum absolute atomic E-state index is 12.2. The third kappa shape index (κ3) is 5.33. The fourth-order valence-electron chi connectivity index (χ4n) is 1.17. The van der Waals surface area contributed by atoms with Crippen LogP contribution in [0.4, 0.5) is 22.0 Å². The Kier molecular flexibility index (Phi) is 4.98. The van der Waals surface area contributed by atoms with Gasteiger partial charge in [0.25, 0.3) is 5.76 Å². The van der Waals surface area contributed by atoms with Gasteiger partial charge in [0.15, 0.2) is 0 Å². The molecule has 0 saturated heterocycles. The van der Waals surface area contributed by atoms with Gasteiger partial charge in [-0.3, -0.25) is 0 Å². The van der Waals surface area contributed by atoms with Crippen LogP contribution >= 0.6 is 11.8 Å². The van der Waals surface area contributed by atoms with E-state index >= 15 is 0 Å². The molecule has 0 aromatic heterocycles. The zero-order valence-corrected chi connectivity index (χ0v) is 10.1. The van der Waals surface area contributed by atoms with Gasteiger partial charge in [-0.15, -0.1) is 13.2 Å². The molecule has 0 bridgehead atoms. The lowest BCUT2D eigenvalue weighted by Gasteiger charge is -2.11. The van der Waals surface area contributed by atoms with Crippen molar-refractivity contribution in [3.05, 3.63) is 23.8 Å². The van der Waals surface area contributed by atoms with Crippen molar-refractivity contribution in [2.24, 2.45) is 0 Å². The number of ether oxygens (including phenoxy) is 2. The lowest BCUT2D eigenvalue weighted by atomic mass is 10.2. The summed E-state index contributed by atoms with van der Waals surface area (Å²) >= 11 is -0.00780. The first kappa shape index (κ1) is 15.5. The maximum atomic E-state index is 12.2. The number of esters is 1. The molecular formula is C10H7F5O3S. The van der Waals surface area contributed by atoms with Crippen molar-refractivity contribution in [2.75, 3.05) is 7.11 Å². The van der Waals surface area contributed by atoms with Crippen LogP contribution in [0, 0.1) is 0 Å². The first-order valence-electron chi connectivity index (χ1n) is 4.65. The van der Waals surface area contributed by atoms with Gasteiger partial charge in [0.05, 0.1) is 12.7 Å². The Morgan fingerprint density at radius 2 is 1.89 bits per heavy atom. The summed E-state index contributed by atoms with van der Waals surface area (Å²) in [5, 5.41) is 0. The zero-order valence-electron chi connectivity index (χ0n) is 9.33. The average molecular weight is 302 g/mol. The fraction of sp³-hybridized carbons (Fsp3) is 0.300. The number of alkyl halides is 5. The Morgan fingerprint density at radius 3 is 2.37 bits per heavy atom. The third-order valence-electron chi connectivity index (χ3n) is 1.76. The predicted octanol–water partition coefficient (Wildman–Crippen LogP) is 3.69. The van der Waals surface area contributed by atoms with Crippen LogP contribution in [-0.2, 0) is 4.74 Å². The van der Waals surface area contributed by atoms with Crippen LogP contribution in [0.3, 0.4) is 0 Å². The highest BCUT2D eigenvalue weighted by Gasteiger charge is 2.31. The van der Waals surface area contributed by atoms with E-state index in [0.29, 0.717) is 0 Å². The van der Waals surface area contributed by atoms with Gasteiger partial charge in [0.2, 0.25) is 0 Å². The Morgan fingerprint density at radius 1 is 1.26 bits per heavy atom. The molecule has 0 spiro atoms. The minimum absolute atomic E-state index is 0.00780. The van der Waals surface area contributed by atoms with Gasteiger partial charge in [-0.2, -0.15) is 8.78 Å². The van der Waals surface area contributed by atoms with E-state index < -0.39 is 23.8 Å².